The van der Waals surface area contributed by atoms with Crippen molar-refractivity contribution in [1.29, 1.82) is 0 Å². The number of carbonyl (C=O) groups is 2. The fraction of sp³-hybridized carbons (Fsp3) is 0.455. The van der Waals surface area contributed by atoms with E-state index in [2.05, 4.69) is 37.2 Å². The van der Waals surface area contributed by atoms with Crippen LogP contribution in [0.2, 0.25) is 0 Å². The highest BCUT2D eigenvalue weighted by Crippen LogP contribution is 2.32. The lowest BCUT2D eigenvalue weighted by Gasteiger charge is -2.19. The van der Waals surface area contributed by atoms with Gasteiger partial charge in [0.05, 0.1) is 15.2 Å². The average Bonchev–Trinajstić information content (AvgIpc) is 2.66. The van der Waals surface area contributed by atoms with E-state index < -0.39 is 0 Å². The van der Waals surface area contributed by atoms with Gasteiger partial charge in [0.15, 0.2) is 0 Å². The van der Waals surface area contributed by atoms with E-state index in [0.717, 1.165) is 8.26 Å². The molecule has 4 nitrogen and oxygen atoms in total. The van der Waals surface area contributed by atoms with Crippen molar-refractivity contribution >= 4 is 55.0 Å². The average molecular weight is 398 g/mol. The number of amides is 2. The molecule has 0 aromatic carbocycles. The molecule has 1 rings (SSSR count). The molecule has 100 valence electrons. The van der Waals surface area contributed by atoms with Crippen molar-refractivity contribution < 1.29 is 9.59 Å². The molecule has 1 aromatic rings. The van der Waals surface area contributed by atoms with Crippen LogP contribution in [0.4, 0.5) is 0 Å². The highest BCUT2D eigenvalue weighted by atomic mass is 79.9. The summed E-state index contributed by atoms with van der Waals surface area (Å²) in [5, 5.41) is 2.69. The zero-order valence-electron chi connectivity index (χ0n) is 10.1. The van der Waals surface area contributed by atoms with E-state index >= 15 is 0 Å². The second-order valence-corrected chi connectivity index (χ2v) is 6.73. The van der Waals surface area contributed by atoms with E-state index in [1.807, 2.05) is 13.8 Å². The van der Waals surface area contributed by atoms with Gasteiger partial charge in [0.1, 0.15) is 0 Å². The monoisotopic (exact) mass is 396 g/mol. The van der Waals surface area contributed by atoms with E-state index in [1.165, 1.54) is 16.2 Å². The van der Waals surface area contributed by atoms with Crippen LogP contribution in [0.1, 0.15) is 23.5 Å². The van der Waals surface area contributed by atoms with Gasteiger partial charge in [-0.05, 0) is 51.8 Å². The quantitative estimate of drug-likeness (QED) is 0.830. The summed E-state index contributed by atoms with van der Waals surface area (Å²) < 4.78 is 1.73. The van der Waals surface area contributed by atoms with Crippen molar-refractivity contribution in [3.8, 4) is 0 Å². The van der Waals surface area contributed by atoms with Crippen LogP contribution in [-0.4, -0.2) is 36.3 Å². The Bertz CT molecular complexity index is 429. The fourth-order valence-electron chi connectivity index (χ4n) is 1.36. The SMILES string of the molecule is CCNC(=O)CN(CC)C(=O)c1cc(Br)c(Br)s1. The maximum Gasteiger partial charge on any atom is 0.264 e. The maximum atomic E-state index is 12.2. The highest BCUT2D eigenvalue weighted by Gasteiger charge is 2.19. The summed E-state index contributed by atoms with van der Waals surface area (Å²) in [5.41, 5.74) is 0. The smallest absolute Gasteiger partial charge is 0.264 e. The molecule has 7 heteroatoms. The molecule has 0 aliphatic heterocycles. The van der Waals surface area contributed by atoms with Gasteiger partial charge in [-0.1, -0.05) is 0 Å². The topological polar surface area (TPSA) is 49.4 Å². The number of hydrogen-bond donors (Lipinski definition) is 1. The molecule has 0 saturated heterocycles. The van der Waals surface area contributed by atoms with Crippen LogP contribution in [0.3, 0.4) is 0 Å². The van der Waals surface area contributed by atoms with Crippen LogP contribution in [0, 0.1) is 0 Å². The van der Waals surface area contributed by atoms with Crippen LogP contribution in [0.25, 0.3) is 0 Å². The molecule has 0 radical (unpaired) electrons. The molecular weight excluding hydrogens is 384 g/mol. The van der Waals surface area contributed by atoms with E-state index in [1.54, 1.807) is 6.07 Å². The lowest BCUT2D eigenvalue weighted by atomic mass is 10.3. The van der Waals surface area contributed by atoms with Crippen molar-refractivity contribution in [1.82, 2.24) is 10.2 Å². The van der Waals surface area contributed by atoms with Gasteiger partial charge in [0.25, 0.3) is 5.91 Å². The third kappa shape index (κ3) is 4.07. The van der Waals surface area contributed by atoms with Gasteiger partial charge >= 0.3 is 0 Å². The van der Waals surface area contributed by atoms with Crippen molar-refractivity contribution in [3.05, 3.63) is 19.2 Å². The summed E-state index contributed by atoms with van der Waals surface area (Å²) in [6, 6.07) is 1.76. The minimum absolute atomic E-state index is 0.0936. The van der Waals surface area contributed by atoms with Crippen LogP contribution < -0.4 is 5.32 Å². The molecular formula is C11H14Br2N2O2S. The van der Waals surface area contributed by atoms with Crippen molar-refractivity contribution in [2.24, 2.45) is 0 Å². The zero-order valence-corrected chi connectivity index (χ0v) is 14.1. The maximum absolute atomic E-state index is 12.2. The van der Waals surface area contributed by atoms with E-state index in [-0.39, 0.29) is 18.4 Å². The molecule has 0 spiro atoms. The van der Waals surface area contributed by atoms with Crippen LogP contribution in [0.15, 0.2) is 14.3 Å². The highest BCUT2D eigenvalue weighted by molar-refractivity contribution is 9.13. The summed E-state index contributed by atoms with van der Waals surface area (Å²) in [5.74, 6) is -0.262. The van der Waals surface area contributed by atoms with Crippen LogP contribution in [0.5, 0.6) is 0 Å². The third-order valence-electron chi connectivity index (χ3n) is 2.23. The van der Waals surface area contributed by atoms with Gasteiger partial charge < -0.3 is 10.2 Å². The molecule has 18 heavy (non-hydrogen) atoms. The van der Waals surface area contributed by atoms with Gasteiger partial charge in [-0.3, -0.25) is 9.59 Å². The Hall–Kier alpha value is -0.400. The zero-order chi connectivity index (χ0) is 13.7. The van der Waals surface area contributed by atoms with Gasteiger partial charge in [-0.2, -0.15) is 0 Å². The Morgan fingerprint density at radius 1 is 1.39 bits per heavy atom. The van der Waals surface area contributed by atoms with Gasteiger partial charge in [-0.25, -0.2) is 0 Å². The Labute approximate surface area is 127 Å². The summed E-state index contributed by atoms with van der Waals surface area (Å²) >= 11 is 8.05. The van der Waals surface area contributed by atoms with Crippen LogP contribution in [-0.2, 0) is 4.79 Å². The first kappa shape index (κ1) is 15.7. The first-order valence-corrected chi connectivity index (χ1v) is 7.90. The van der Waals surface area contributed by atoms with Crippen molar-refractivity contribution in [2.75, 3.05) is 19.6 Å². The number of nitrogens with one attached hydrogen (secondary N) is 1. The summed E-state index contributed by atoms with van der Waals surface area (Å²) in [6.07, 6.45) is 0. The second-order valence-electron chi connectivity index (χ2n) is 3.51. The Morgan fingerprint density at radius 3 is 2.50 bits per heavy atom. The van der Waals surface area contributed by atoms with Crippen molar-refractivity contribution in [3.63, 3.8) is 0 Å². The minimum Gasteiger partial charge on any atom is -0.355 e. The molecule has 0 unspecified atom stereocenters. The minimum atomic E-state index is -0.137. The second kappa shape index (κ2) is 7.25. The van der Waals surface area contributed by atoms with Crippen molar-refractivity contribution in [2.45, 2.75) is 13.8 Å². The third-order valence-corrected chi connectivity index (χ3v) is 5.48. The first-order chi connectivity index (χ1) is 8.49. The fourth-order valence-corrected chi connectivity index (χ4v) is 3.37. The standard InChI is InChI=1S/C11H14Br2N2O2S/c1-3-14-9(16)6-15(4-2)11(17)8-5-7(12)10(13)18-8/h5H,3-4,6H2,1-2H3,(H,14,16). The molecule has 1 N–H and O–H groups in total. The molecule has 0 saturated carbocycles. The predicted molar refractivity (Wildman–Crippen MR) is 80.0 cm³/mol. The summed E-state index contributed by atoms with van der Waals surface area (Å²) in [4.78, 5) is 25.8. The Morgan fingerprint density at radius 2 is 2.06 bits per heavy atom. The van der Waals surface area contributed by atoms with Crippen LogP contribution >= 0.6 is 43.2 Å². The Kier molecular flexibility index (Phi) is 6.31. The predicted octanol–water partition coefficient (Wildman–Crippen LogP) is 2.87. The largest absolute Gasteiger partial charge is 0.355 e. The van der Waals surface area contributed by atoms with Gasteiger partial charge in [0.2, 0.25) is 5.91 Å². The number of hydrogen-bond acceptors (Lipinski definition) is 3. The first-order valence-electron chi connectivity index (χ1n) is 5.50. The number of thiophene rings is 1. The molecule has 1 heterocycles. The molecule has 0 bridgehead atoms. The lowest BCUT2D eigenvalue weighted by molar-refractivity contribution is -0.121. The number of carbonyl (C=O) groups excluding carboxylic acids is 2. The van der Waals surface area contributed by atoms with E-state index in [9.17, 15) is 9.59 Å². The molecule has 0 fully saturated rings. The summed E-state index contributed by atoms with van der Waals surface area (Å²) in [7, 11) is 0. The number of rotatable bonds is 5. The number of likely N-dealkylation sites (N-methyl/N-ethyl adjacent to an activating group) is 2. The lowest BCUT2D eigenvalue weighted by Crippen LogP contribution is -2.40. The van der Waals surface area contributed by atoms with E-state index in [0.29, 0.717) is 18.0 Å². The molecule has 0 atom stereocenters. The van der Waals surface area contributed by atoms with Gasteiger partial charge in [-0.15, -0.1) is 11.3 Å². The molecule has 0 aliphatic carbocycles. The summed E-state index contributed by atoms with van der Waals surface area (Å²) in [6.45, 7) is 4.87. The number of nitrogens with zero attached hydrogens (tertiary/aromatic N) is 1. The Balaban J connectivity index is 2.76. The van der Waals surface area contributed by atoms with E-state index in [4.69, 9.17) is 0 Å². The molecule has 2 amide bonds. The molecule has 0 aliphatic rings. The number of halogens is 2. The normalized spacial score (nSPS) is 10.2. The molecule has 1 aromatic heterocycles. The van der Waals surface area contributed by atoms with Gasteiger partial charge in [0, 0.05) is 17.6 Å².